The van der Waals surface area contributed by atoms with Crippen LogP contribution < -0.4 is 15.1 Å². The molecule has 8 heteroatoms. The monoisotopic (exact) mass is 455 g/mol. The van der Waals surface area contributed by atoms with Crippen LogP contribution in [0.5, 0.6) is 0 Å². The quantitative estimate of drug-likeness (QED) is 0.635. The van der Waals surface area contributed by atoms with Crippen LogP contribution in [0.1, 0.15) is 29.8 Å². The minimum atomic E-state index is 0.00383. The maximum atomic E-state index is 9.44. The Balaban J connectivity index is 1.15. The number of nitriles is 1. The van der Waals surface area contributed by atoms with E-state index in [4.69, 9.17) is 4.74 Å². The molecule has 3 saturated heterocycles. The van der Waals surface area contributed by atoms with Crippen molar-refractivity contribution in [3.8, 4) is 6.07 Å². The summed E-state index contributed by atoms with van der Waals surface area (Å²) >= 11 is 0. The molecule has 7 rings (SSSR count). The molecule has 3 fully saturated rings. The molecule has 0 unspecified atom stereocenters. The summed E-state index contributed by atoms with van der Waals surface area (Å²) in [5.41, 5.74) is 6.94. The Morgan fingerprint density at radius 1 is 1.15 bits per heavy atom. The fourth-order valence-corrected chi connectivity index (χ4v) is 6.40. The van der Waals surface area contributed by atoms with Crippen molar-refractivity contribution in [1.29, 1.82) is 5.26 Å². The number of morpholine rings is 1. The van der Waals surface area contributed by atoms with E-state index in [1.165, 1.54) is 16.8 Å². The van der Waals surface area contributed by atoms with Crippen LogP contribution in [0.15, 0.2) is 42.6 Å². The molecular formula is C26H29N7O. The van der Waals surface area contributed by atoms with E-state index >= 15 is 0 Å². The Morgan fingerprint density at radius 2 is 2.06 bits per heavy atom. The average Bonchev–Trinajstić information content (AvgIpc) is 3.47. The largest absolute Gasteiger partial charge is 0.369 e. The van der Waals surface area contributed by atoms with Crippen LogP contribution in [0.2, 0.25) is 0 Å². The molecule has 6 heterocycles. The highest BCUT2D eigenvalue weighted by molar-refractivity contribution is 5.74. The second-order valence-electron chi connectivity index (χ2n) is 10.2. The summed E-state index contributed by atoms with van der Waals surface area (Å²) < 4.78 is 7.84. The van der Waals surface area contributed by atoms with Crippen LogP contribution in [0.4, 0.5) is 11.4 Å². The van der Waals surface area contributed by atoms with E-state index in [0.29, 0.717) is 17.8 Å². The number of pyridine rings is 1. The first-order valence-electron chi connectivity index (χ1n) is 12.2. The lowest BCUT2D eigenvalue weighted by Gasteiger charge is -2.52. The van der Waals surface area contributed by atoms with Gasteiger partial charge in [0.25, 0.3) is 0 Å². The highest BCUT2D eigenvalue weighted by atomic mass is 16.5. The van der Waals surface area contributed by atoms with Gasteiger partial charge in [0, 0.05) is 44.5 Å². The molecule has 1 N–H and O–H groups in total. The standard InChI is InChI=1S/C26H29N7O/c1-18-12-30(23-5-3-21(11-27)33-24(23)6-7-29-33)14-25-22-4-2-20(10-19(22)13-32(18)25)31-16-26(17-31)15-28-8-9-34-26/h2-7,10,18,25,28H,8-9,12-17H2,1H3/t18-,25-/m1/s1. The van der Waals surface area contributed by atoms with E-state index in [2.05, 4.69) is 62.4 Å². The number of fused-ring (bicyclic) bond motifs is 4. The fourth-order valence-electron chi connectivity index (χ4n) is 6.40. The summed E-state index contributed by atoms with van der Waals surface area (Å²) in [6.45, 7) is 9.91. The Labute approximate surface area is 199 Å². The van der Waals surface area contributed by atoms with E-state index < -0.39 is 0 Å². The second-order valence-corrected chi connectivity index (χ2v) is 10.2. The number of nitrogens with one attached hydrogen (secondary N) is 1. The smallest absolute Gasteiger partial charge is 0.142 e. The minimum Gasteiger partial charge on any atom is -0.369 e. The minimum absolute atomic E-state index is 0.00383. The molecule has 0 amide bonds. The average molecular weight is 456 g/mol. The van der Waals surface area contributed by atoms with Gasteiger partial charge in [-0.25, -0.2) is 4.52 Å². The third-order valence-electron chi connectivity index (χ3n) is 8.13. The lowest BCUT2D eigenvalue weighted by molar-refractivity contribution is -0.0828. The summed E-state index contributed by atoms with van der Waals surface area (Å²) in [4.78, 5) is 7.57. The number of piperazine rings is 1. The van der Waals surface area contributed by atoms with Crippen molar-refractivity contribution in [1.82, 2.24) is 19.8 Å². The van der Waals surface area contributed by atoms with Gasteiger partial charge in [-0.2, -0.15) is 10.4 Å². The molecule has 1 spiro atoms. The molecule has 0 bridgehead atoms. The Kier molecular flexibility index (Phi) is 4.44. The molecule has 0 radical (unpaired) electrons. The SMILES string of the molecule is C[C@@H]1CN(c2ccc(C#N)n3nccc23)C[C@@H]2c3ccc(N4CC5(CNCCO5)C4)cc3CN12. The lowest BCUT2D eigenvalue weighted by Crippen LogP contribution is -2.69. The molecular weight excluding hydrogens is 426 g/mol. The number of aromatic nitrogens is 2. The number of benzene rings is 1. The maximum absolute atomic E-state index is 9.44. The number of hydrogen-bond donors (Lipinski definition) is 1. The van der Waals surface area contributed by atoms with E-state index in [-0.39, 0.29) is 5.60 Å². The van der Waals surface area contributed by atoms with Gasteiger partial charge in [-0.05, 0) is 48.4 Å². The maximum Gasteiger partial charge on any atom is 0.142 e. The third-order valence-corrected chi connectivity index (χ3v) is 8.13. The highest BCUT2D eigenvalue weighted by Crippen LogP contribution is 2.42. The zero-order valence-electron chi connectivity index (χ0n) is 19.4. The molecule has 0 aliphatic carbocycles. The molecule has 3 aromatic rings. The van der Waals surface area contributed by atoms with Crippen molar-refractivity contribution in [2.75, 3.05) is 55.7 Å². The third kappa shape index (κ3) is 2.97. The molecule has 0 saturated carbocycles. The van der Waals surface area contributed by atoms with Crippen molar-refractivity contribution in [3.05, 3.63) is 59.4 Å². The number of ether oxygens (including phenoxy) is 1. The first-order valence-corrected chi connectivity index (χ1v) is 12.2. The summed E-state index contributed by atoms with van der Waals surface area (Å²) in [5, 5.41) is 17.3. The van der Waals surface area contributed by atoms with Crippen molar-refractivity contribution in [3.63, 3.8) is 0 Å². The van der Waals surface area contributed by atoms with E-state index in [1.807, 2.05) is 12.1 Å². The molecule has 2 aromatic heterocycles. The Hall–Kier alpha value is -3.12. The summed E-state index contributed by atoms with van der Waals surface area (Å²) in [6.07, 6.45) is 1.78. The van der Waals surface area contributed by atoms with Crippen molar-refractivity contribution in [2.24, 2.45) is 0 Å². The van der Waals surface area contributed by atoms with Crippen molar-refractivity contribution < 1.29 is 4.74 Å². The molecule has 4 aliphatic rings. The van der Waals surface area contributed by atoms with E-state index in [1.54, 1.807) is 10.7 Å². The van der Waals surface area contributed by atoms with Gasteiger partial charge in [-0.3, -0.25) is 4.90 Å². The van der Waals surface area contributed by atoms with Crippen LogP contribution in [0.3, 0.4) is 0 Å². The number of rotatable bonds is 2. The Morgan fingerprint density at radius 3 is 2.88 bits per heavy atom. The van der Waals surface area contributed by atoms with E-state index in [0.717, 1.165) is 63.6 Å². The summed E-state index contributed by atoms with van der Waals surface area (Å²) in [6, 6.07) is 16.1. The summed E-state index contributed by atoms with van der Waals surface area (Å²) in [7, 11) is 0. The molecule has 174 valence electrons. The van der Waals surface area contributed by atoms with Crippen molar-refractivity contribution in [2.45, 2.75) is 31.2 Å². The van der Waals surface area contributed by atoms with Gasteiger partial charge in [-0.15, -0.1) is 0 Å². The normalized spacial score (nSPS) is 25.8. The lowest BCUT2D eigenvalue weighted by atomic mass is 9.91. The molecule has 34 heavy (non-hydrogen) atoms. The van der Waals surface area contributed by atoms with Gasteiger partial charge in [0.15, 0.2) is 0 Å². The first-order chi connectivity index (χ1) is 16.6. The molecule has 2 atom stereocenters. The van der Waals surface area contributed by atoms with E-state index in [9.17, 15) is 5.26 Å². The van der Waals surface area contributed by atoms with Gasteiger partial charge in [0.05, 0.1) is 43.1 Å². The Bertz CT molecular complexity index is 1300. The molecule has 1 aromatic carbocycles. The molecule has 8 nitrogen and oxygen atoms in total. The van der Waals surface area contributed by atoms with Gasteiger partial charge in [0.1, 0.15) is 17.4 Å². The van der Waals surface area contributed by atoms with Gasteiger partial charge < -0.3 is 19.9 Å². The number of hydrogen-bond acceptors (Lipinski definition) is 7. The zero-order valence-corrected chi connectivity index (χ0v) is 19.4. The number of nitrogens with zero attached hydrogens (tertiary/aromatic N) is 6. The highest BCUT2D eigenvalue weighted by Gasteiger charge is 2.46. The van der Waals surface area contributed by atoms with Crippen LogP contribution in [0.25, 0.3) is 5.52 Å². The number of anilines is 2. The molecule has 4 aliphatic heterocycles. The predicted octanol–water partition coefficient (Wildman–Crippen LogP) is 2.15. The van der Waals surface area contributed by atoms with Crippen LogP contribution in [-0.2, 0) is 11.3 Å². The van der Waals surface area contributed by atoms with Gasteiger partial charge in [-0.1, -0.05) is 6.07 Å². The van der Waals surface area contributed by atoms with Gasteiger partial charge >= 0.3 is 0 Å². The fraction of sp³-hybridized carbons (Fsp3) is 0.462. The second kappa shape index (κ2) is 7.44. The topological polar surface area (TPSA) is 72.1 Å². The summed E-state index contributed by atoms with van der Waals surface area (Å²) in [5.74, 6) is 0. The van der Waals surface area contributed by atoms with Crippen LogP contribution >= 0.6 is 0 Å². The van der Waals surface area contributed by atoms with Gasteiger partial charge in [0.2, 0.25) is 0 Å². The van der Waals surface area contributed by atoms with Crippen LogP contribution in [0, 0.1) is 11.3 Å². The van der Waals surface area contributed by atoms with Crippen molar-refractivity contribution >= 4 is 16.9 Å². The first kappa shape index (κ1) is 20.3. The predicted molar refractivity (Wildman–Crippen MR) is 130 cm³/mol. The zero-order chi connectivity index (χ0) is 22.9. The van der Waals surface area contributed by atoms with Crippen LogP contribution in [-0.4, -0.2) is 72.0 Å².